The molecule has 0 unspecified atom stereocenters. The van der Waals surface area contributed by atoms with Gasteiger partial charge in [0.25, 0.3) is 0 Å². The Labute approximate surface area is 103 Å². The fourth-order valence-electron chi connectivity index (χ4n) is 1.30. The summed E-state index contributed by atoms with van der Waals surface area (Å²) >= 11 is 0. The van der Waals surface area contributed by atoms with Crippen LogP contribution < -0.4 is 5.32 Å². The van der Waals surface area contributed by atoms with Gasteiger partial charge in [-0.15, -0.1) is 0 Å². The van der Waals surface area contributed by atoms with Crippen LogP contribution in [0.3, 0.4) is 0 Å². The highest BCUT2D eigenvalue weighted by Crippen LogP contribution is 2.16. The minimum atomic E-state index is -4.51. The van der Waals surface area contributed by atoms with Crippen molar-refractivity contribution in [2.45, 2.75) is 26.1 Å². The molecule has 0 bridgehead atoms. The van der Waals surface area contributed by atoms with E-state index < -0.39 is 24.9 Å². The van der Waals surface area contributed by atoms with Crippen LogP contribution >= 0.6 is 0 Å². The van der Waals surface area contributed by atoms with Crippen molar-refractivity contribution < 1.29 is 22.7 Å². The second kappa shape index (κ2) is 5.75. The predicted octanol–water partition coefficient (Wildman–Crippen LogP) is 3.34. The van der Waals surface area contributed by atoms with Crippen LogP contribution in [0.4, 0.5) is 18.0 Å². The van der Waals surface area contributed by atoms with Crippen LogP contribution in [-0.2, 0) is 4.74 Å². The third-order valence-electron chi connectivity index (χ3n) is 2.28. The van der Waals surface area contributed by atoms with Gasteiger partial charge in [0.05, 0.1) is 6.04 Å². The molecule has 0 aliphatic rings. The lowest BCUT2D eigenvalue weighted by atomic mass is 10.1. The first-order chi connectivity index (χ1) is 8.28. The zero-order valence-electron chi connectivity index (χ0n) is 10.0. The Morgan fingerprint density at radius 3 is 2.39 bits per heavy atom. The highest BCUT2D eigenvalue weighted by atomic mass is 19.4. The highest BCUT2D eigenvalue weighted by Gasteiger charge is 2.29. The van der Waals surface area contributed by atoms with Crippen molar-refractivity contribution in [2.75, 3.05) is 6.61 Å². The van der Waals surface area contributed by atoms with E-state index in [0.29, 0.717) is 0 Å². The SMILES string of the molecule is Cc1ccc([C@@H](C)NC(=O)OCC(F)(F)F)cc1. The van der Waals surface area contributed by atoms with Crippen LogP contribution in [-0.4, -0.2) is 18.9 Å². The molecule has 0 saturated carbocycles. The van der Waals surface area contributed by atoms with Gasteiger partial charge in [0, 0.05) is 0 Å². The number of hydrogen-bond donors (Lipinski definition) is 1. The molecule has 1 atom stereocenters. The maximum atomic E-state index is 11.8. The maximum Gasteiger partial charge on any atom is 0.422 e. The zero-order chi connectivity index (χ0) is 13.8. The van der Waals surface area contributed by atoms with E-state index in [1.165, 1.54) is 0 Å². The summed E-state index contributed by atoms with van der Waals surface area (Å²) in [5.41, 5.74) is 1.86. The molecule has 0 radical (unpaired) electrons. The molecule has 0 aliphatic heterocycles. The number of rotatable bonds is 3. The van der Waals surface area contributed by atoms with Crippen molar-refractivity contribution in [1.82, 2.24) is 5.32 Å². The number of halogens is 3. The van der Waals surface area contributed by atoms with Crippen LogP contribution in [0, 0.1) is 6.92 Å². The second-order valence-corrected chi connectivity index (χ2v) is 3.97. The Morgan fingerprint density at radius 1 is 1.33 bits per heavy atom. The summed E-state index contributed by atoms with van der Waals surface area (Å²) in [4.78, 5) is 11.1. The largest absolute Gasteiger partial charge is 0.440 e. The number of alkyl halides is 3. The van der Waals surface area contributed by atoms with E-state index in [-0.39, 0.29) is 0 Å². The van der Waals surface area contributed by atoms with Gasteiger partial charge in [-0.1, -0.05) is 29.8 Å². The van der Waals surface area contributed by atoms with Crippen LogP contribution in [0.25, 0.3) is 0 Å². The number of aryl methyl sites for hydroxylation is 1. The van der Waals surface area contributed by atoms with E-state index in [1.807, 2.05) is 19.1 Å². The smallest absolute Gasteiger partial charge is 0.422 e. The van der Waals surface area contributed by atoms with E-state index in [2.05, 4.69) is 10.1 Å². The van der Waals surface area contributed by atoms with Crippen LogP contribution in [0.1, 0.15) is 24.1 Å². The summed E-state index contributed by atoms with van der Waals surface area (Å²) in [6, 6.07) is 6.89. The predicted molar refractivity (Wildman–Crippen MR) is 60.1 cm³/mol. The van der Waals surface area contributed by atoms with Crippen molar-refractivity contribution in [3.8, 4) is 0 Å². The van der Waals surface area contributed by atoms with E-state index in [9.17, 15) is 18.0 Å². The Hall–Kier alpha value is -1.72. The van der Waals surface area contributed by atoms with Crippen LogP contribution in [0.5, 0.6) is 0 Å². The molecule has 0 aromatic heterocycles. The topological polar surface area (TPSA) is 38.3 Å². The average Bonchev–Trinajstić information content (AvgIpc) is 2.26. The summed E-state index contributed by atoms with van der Waals surface area (Å²) in [5.74, 6) is 0. The van der Waals surface area contributed by atoms with Crippen molar-refractivity contribution in [1.29, 1.82) is 0 Å². The maximum absolute atomic E-state index is 11.8. The van der Waals surface area contributed by atoms with Gasteiger partial charge in [-0.05, 0) is 19.4 Å². The van der Waals surface area contributed by atoms with Gasteiger partial charge < -0.3 is 10.1 Å². The molecule has 0 fully saturated rings. The van der Waals surface area contributed by atoms with Crippen molar-refractivity contribution in [3.63, 3.8) is 0 Å². The van der Waals surface area contributed by atoms with E-state index in [1.54, 1.807) is 19.1 Å². The Bertz CT molecular complexity index is 401. The third kappa shape index (κ3) is 5.07. The van der Waals surface area contributed by atoms with Crippen molar-refractivity contribution >= 4 is 6.09 Å². The van der Waals surface area contributed by atoms with Crippen LogP contribution in [0.15, 0.2) is 24.3 Å². The third-order valence-corrected chi connectivity index (χ3v) is 2.28. The normalized spacial score (nSPS) is 12.9. The molecule has 100 valence electrons. The molecular weight excluding hydrogens is 247 g/mol. The average molecular weight is 261 g/mol. The first-order valence-corrected chi connectivity index (χ1v) is 5.34. The molecule has 0 spiro atoms. The summed E-state index contributed by atoms with van der Waals surface area (Å²) in [6.45, 7) is 2.00. The molecule has 0 saturated heterocycles. The fraction of sp³-hybridized carbons (Fsp3) is 0.417. The molecule has 1 rings (SSSR count). The second-order valence-electron chi connectivity index (χ2n) is 3.97. The van der Waals surface area contributed by atoms with Gasteiger partial charge in [0.1, 0.15) is 0 Å². The first kappa shape index (κ1) is 14.3. The monoisotopic (exact) mass is 261 g/mol. The minimum Gasteiger partial charge on any atom is -0.440 e. The standard InChI is InChI=1S/C12H14F3NO2/c1-8-3-5-10(6-4-8)9(2)16-11(17)18-7-12(13,14)15/h3-6,9H,7H2,1-2H3,(H,16,17)/t9-/m1/s1. The van der Waals surface area contributed by atoms with Crippen molar-refractivity contribution in [2.24, 2.45) is 0 Å². The number of nitrogens with one attached hydrogen (secondary N) is 1. The molecule has 1 aromatic rings. The minimum absolute atomic E-state index is 0.411. The van der Waals surface area contributed by atoms with Gasteiger partial charge in [-0.2, -0.15) is 13.2 Å². The summed E-state index contributed by atoms with van der Waals surface area (Å²) in [6.07, 6.45) is -5.59. The van der Waals surface area contributed by atoms with E-state index >= 15 is 0 Å². The highest BCUT2D eigenvalue weighted by molar-refractivity contribution is 5.67. The van der Waals surface area contributed by atoms with Crippen LogP contribution in [0.2, 0.25) is 0 Å². The van der Waals surface area contributed by atoms with Gasteiger partial charge in [-0.25, -0.2) is 4.79 Å². The Balaban J connectivity index is 2.47. The molecule has 1 amide bonds. The van der Waals surface area contributed by atoms with E-state index in [0.717, 1.165) is 11.1 Å². The number of carbonyl (C=O) groups is 1. The molecule has 0 aliphatic carbocycles. The molecule has 18 heavy (non-hydrogen) atoms. The molecule has 0 heterocycles. The molecule has 1 N–H and O–H groups in total. The zero-order valence-corrected chi connectivity index (χ0v) is 10.0. The Morgan fingerprint density at radius 2 is 1.89 bits per heavy atom. The summed E-state index contributed by atoms with van der Waals surface area (Å²) in [7, 11) is 0. The fourth-order valence-corrected chi connectivity index (χ4v) is 1.30. The van der Waals surface area contributed by atoms with Gasteiger partial charge in [0.2, 0.25) is 0 Å². The number of carbonyl (C=O) groups excluding carboxylic acids is 1. The Kier molecular flexibility index (Phi) is 4.58. The number of alkyl carbamates (subject to hydrolysis) is 1. The lowest BCUT2D eigenvalue weighted by molar-refractivity contribution is -0.160. The van der Waals surface area contributed by atoms with E-state index in [4.69, 9.17) is 0 Å². The number of ether oxygens (including phenoxy) is 1. The molecule has 6 heteroatoms. The van der Waals surface area contributed by atoms with Gasteiger partial charge in [-0.3, -0.25) is 0 Å². The lowest BCUT2D eigenvalue weighted by Gasteiger charge is -2.15. The van der Waals surface area contributed by atoms with Gasteiger partial charge in [0.15, 0.2) is 6.61 Å². The lowest BCUT2D eigenvalue weighted by Crippen LogP contribution is -2.30. The van der Waals surface area contributed by atoms with Gasteiger partial charge >= 0.3 is 12.3 Å². The molecule has 1 aromatic carbocycles. The number of benzene rings is 1. The summed E-state index contributed by atoms with van der Waals surface area (Å²) < 4.78 is 39.5. The first-order valence-electron chi connectivity index (χ1n) is 5.34. The quantitative estimate of drug-likeness (QED) is 0.906. The summed E-state index contributed by atoms with van der Waals surface area (Å²) in [5, 5.41) is 2.33. The van der Waals surface area contributed by atoms with Crippen molar-refractivity contribution in [3.05, 3.63) is 35.4 Å². The molecule has 3 nitrogen and oxygen atoms in total. The number of hydrogen-bond acceptors (Lipinski definition) is 2. The number of amides is 1. The molecular formula is C12H14F3NO2.